The summed E-state index contributed by atoms with van der Waals surface area (Å²) in [6.07, 6.45) is -4.35. The summed E-state index contributed by atoms with van der Waals surface area (Å²) in [6, 6.07) is 10.1. The van der Waals surface area contributed by atoms with Crippen molar-refractivity contribution in [2.24, 2.45) is 0 Å². The van der Waals surface area contributed by atoms with E-state index in [1.165, 1.54) is 12.1 Å². The Balaban J connectivity index is 1.53. The third-order valence-electron chi connectivity index (χ3n) is 3.97. The van der Waals surface area contributed by atoms with Gasteiger partial charge in [-0.2, -0.15) is 13.2 Å². The first-order chi connectivity index (χ1) is 12.8. The van der Waals surface area contributed by atoms with Gasteiger partial charge in [0.15, 0.2) is 11.5 Å². The summed E-state index contributed by atoms with van der Waals surface area (Å²) in [6.45, 7) is 1.40. The molecule has 5 nitrogen and oxygen atoms in total. The summed E-state index contributed by atoms with van der Waals surface area (Å²) in [5, 5.41) is 2.77. The van der Waals surface area contributed by atoms with E-state index in [1.807, 2.05) is 0 Å². The number of alkyl halides is 3. The Labute approximate surface area is 154 Å². The Hall–Kier alpha value is -2.74. The number of amides is 1. The molecule has 0 aliphatic carbocycles. The fourth-order valence-corrected chi connectivity index (χ4v) is 2.73. The largest absolute Gasteiger partial charge is 0.486 e. The van der Waals surface area contributed by atoms with Crippen LogP contribution >= 0.6 is 0 Å². The predicted molar refractivity (Wildman–Crippen MR) is 93.8 cm³/mol. The molecule has 8 heteroatoms. The maximum Gasteiger partial charge on any atom is 0.416 e. The van der Waals surface area contributed by atoms with Crippen molar-refractivity contribution in [3.8, 4) is 11.5 Å². The lowest BCUT2D eigenvalue weighted by Gasteiger charge is -2.20. The highest BCUT2D eigenvalue weighted by molar-refractivity contribution is 5.92. The third-order valence-corrected chi connectivity index (χ3v) is 3.97. The van der Waals surface area contributed by atoms with Crippen molar-refractivity contribution in [2.45, 2.75) is 12.7 Å². The molecule has 0 atom stereocenters. The van der Waals surface area contributed by atoms with Crippen LogP contribution in [-0.2, 0) is 17.5 Å². The monoisotopic (exact) mass is 380 g/mol. The molecular weight excluding hydrogens is 361 g/mol. The van der Waals surface area contributed by atoms with Crippen molar-refractivity contribution < 1.29 is 27.4 Å². The van der Waals surface area contributed by atoms with Gasteiger partial charge in [-0.3, -0.25) is 9.69 Å². The number of ether oxygens (including phenoxy) is 2. The van der Waals surface area contributed by atoms with E-state index in [1.54, 1.807) is 30.1 Å². The summed E-state index contributed by atoms with van der Waals surface area (Å²) in [5.74, 6) is 0.983. The zero-order chi connectivity index (χ0) is 19.4. The molecule has 0 aromatic heterocycles. The standard InChI is InChI=1S/C19H19F3N2O3/c1-24(11-13-2-4-14(5-3-13)19(20,21)22)12-18(25)23-15-6-7-16-17(10-15)27-9-8-26-16/h2-7,10H,8-9,11-12H2,1H3,(H,23,25). The lowest BCUT2D eigenvalue weighted by molar-refractivity contribution is -0.137. The number of benzene rings is 2. The van der Waals surface area contributed by atoms with Crippen LogP contribution in [0.25, 0.3) is 0 Å². The average Bonchev–Trinajstić information content (AvgIpc) is 2.61. The summed E-state index contributed by atoms with van der Waals surface area (Å²) < 4.78 is 48.7. The molecule has 0 fully saturated rings. The third kappa shape index (κ3) is 5.13. The van der Waals surface area contributed by atoms with Gasteiger partial charge < -0.3 is 14.8 Å². The van der Waals surface area contributed by atoms with Gasteiger partial charge in [0, 0.05) is 18.3 Å². The number of nitrogens with one attached hydrogen (secondary N) is 1. The molecule has 0 spiro atoms. The predicted octanol–water partition coefficient (Wildman–Crippen LogP) is 3.55. The Morgan fingerprint density at radius 3 is 2.41 bits per heavy atom. The van der Waals surface area contributed by atoms with E-state index in [0.717, 1.165) is 12.1 Å². The molecular formula is C19H19F3N2O3. The normalized spacial score (nSPS) is 13.5. The molecule has 0 unspecified atom stereocenters. The van der Waals surface area contributed by atoms with Crippen LogP contribution in [0.5, 0.6) is 11.5 Å². The van der Waals surface area contributed by atoms with Gasteiger partial charge in [-0.25, -0.2) is 0 Å². The second-order valence-corrected chi connectivity index (χ2v) is 6.27. The SMILES string of the molecule is CN(CC(=O)Nc1ccc2c(c1)OCCO2)Cc1ccc(C(F)(F)F)cc1. The molecule has 2 aromatic rings. The number of likely N-dealkylation sites (N-methyl/N-ethyl adjacent to an activating group) is 1. The summed E-state index contributed by atoms with van der Waals surface area (Å²) >= 11 is 0. The van der Waals surface area contributed by atoms with E-state index < -0.39 is 11.7 Å². The zero-order valence-corrected chi connectivity index (χ0v) is 14.7. The smallest absolute Gasteiger partial charge is 0.416 e. The van der Waals surface area contributed by atoms with Gasteiger partial charge in [0.2, 0.25) is 5.91 Å². The second kappa shape index (κ2) is 7.87. The first kappa shape index (κ1) is 19.0. The first-order valence-corrected chi connectivity index (χ1v) is 8.35. The van der Waals surface area contributed by atoms with Gasteiger partial charge in [-0.15, -0.1) is 0 Å². The van der Waals surface area contributed by atoms with E-state index >= 15 is 0 Å². The van der Waals surface area contributed by atoms with E-state index in [4.69, 9.17) is 9.47 Å². The zero-order valence-electron chi connectivity index (χ0n) is 14.7. The molecule has 27 heavy (non-hydrogen) atoms. The van der Waals surface area contributed by atoms with E-state index in [-0.39, 0.29) is 12.5 Å². The van der Waals surface area contributed by atoms with Crippen LogP contribution in [0, 0.1) is 0 Å². The number of anilines is 1. The lowest BCUT2D eigenvalue weighted by atomic mass is 10.1. The summed E-state index contributed by atoms with van der Waals surface area (Å²) in [4.78, 5) is 13.9. The lowest BCUT2D eigenvalue weighted by Crippen LogP contribution is -2.29. The number of carbonyl (C=O) groups is 1. The summed E-state index contributed by atoms with van der Waals surface area (Å²) in [7, 11) is 1.72. The molecule has 0 radical (unpaired) electrons. The Morgan fingerprint density at radius 1 is 1.07 bits per heavy atom. The van der Waals surface area contributed by atoms with Gasteiger partial charge in [0.1, 0.15) is 13.2 Å². The molecule has 1 amide bonds. The topological polar surface area (TPSA) is 50.8 Å². The van der Waals surface area contributed by atoms with Crippen LogP contribution in [0.2, 0.25) is 0 Å². The summed E-state index contributed by atoms with van der Waals surface area (Å²) in [5.41, 5.74) is 0.593. The number of halogens is 3. The van der Waals surface area contributed by atoms with Crippen LogP contribution in [-0.4, -0.2) is 37.6 Å². The Bertz CT molecular complexity index is 807. The van der Waals surface area contributed by atoms with Crippen molar-refractivity contribution in [2.75, 3.05) is 32.1 Å². The number of hydrogen-bond acceptors (Lipinski definition) is 4. The van der Waals surface area contributed by atoms with Crippen molar-refractivity contribution in [3.05, 3.63) is 53.6 Å². The quantitative estimate of drug-likeness (QED) is 0.862. The molecule has 0 saturated heterocycles. The molecule has 1 aliphatic rings. The molecule has 1 heterocycles. The highest BCUT2D eigenvalue weighted by atomic mass is 19.4. The minimum atomic E-state index is -4.35. The van der Waals surface area contributed by atoms with E-state index in [0.29, 0.717) is 42.5 Å². The second-order valence-electron chi connectivity index (χ2n) is 6.27. The van der Waals surface area contributed by atoms with Crippen LogP contribution in [0.4, 0.5) is 18.9 Å². The van der Waals surface area contributed by atoms with Crippen molar-refractivity contribution in [1.82, 2.24) is 4.90 Å². The van der Waals surface area contributed by atoms with Gasteiger partial charge in [0.25, 0.3) is 0 Å². The number of fused-ring (bicyclic) bond motifs is 1. The molecule has 144 valence electrons. The molecule has 3 rings (SSSR count). The van der Waals surface area contributed by atoms with E-state index in [9.17, 15) is 18.0 Å². The van der Waals surface area contributed by atoms with Crippen LogP contribution in [0.1, 0.15) is 11.1 Å². The highest BCUT2D eigenvalue weighted by Gasteiger charge is 2.29. The Kier molecular flexibility index (Phi) is 5.55. The van der Waals surface area contributed by atoms with Crippen molar-refractivity contribution >= 4 is 11.6 Å². The van der Waals surface area contributed by atoms with E-state index in [2.05, 4.69) is 5.32 Å². The maximum absolute atomic E-state index is 12.6. The van der Waals surface area contributed by atoms with Gasteiger partial charge in [-0.05, 0) is 36.9 Å². The number of hydrogen-bond donors (Lipinski definition) is 1. The molecule has 0 bridgehead atoms. The number of rotatable bonds is 5. The average molecular weight is 380 g/mol. The molecule has 1 aliphatic heterocycles. The minimum Gasteiger partial charge on any atom is -0.486 e. The molecule has 1 N–H and O–H groups in total. The fourth-order valence-electron chi connectivity index (χ4n) is 2.73. The molecule has 2 aromatic carbocycles. The molecule has 0 saturated carbocycles. The van der Waals surface area contributed by atoms with Gasteiger partial charge in [0.05, 0.1) is 12.1 Å². The van der Waals surface area contributed by atoms with Crippen molar-refractivity contribution in [1.29, 1.82) is 0 Å². The Morgan fingerprint density at radius 2 is 1.74 bits per heavy atom. The van der Waals surface area contributed by atoms with Gasteiger partial charge in [-0.1, -0.05) is 12.1 Å². The first-order valence-electron chi connectivity index (χ1n) is 8.35. The minimum absolute atomic E-state index is 0.0927. The number of nitrogens with zero attached hydrogens (tertiary/aromatic N) is 1. The highest BCUT2D eigenvalue weighted by Crippen LogP contribution is 2.32. The van der Waals surface area contributed by atoms with Crippen molar-refractivity contribution in [3.63, 3.8) is 0 Å². The van der Waals surface area contributed by atoms with Gasteiger partial charge >= 0.3 is 6.18 Å². The maximum atomic E-state index is 12.6. The van der Waals surface area contributed by atoms with Crippen LogP contribution < -0.4 is 14.8 Å². The van der Waals surface area contributed by atoms with Crippen LogP contribution in [0.15, 0.2) is 42.5 Å². The van der Waals surface area contributed by atoms with Crippen LogP contribution in [0.3, 0.4) is 0 Å². The fraction of sp³-hybridized carbons (Fsp3) is 0.316. The number of carbonyl (C=O) groups excluding carboxylic acids is 1.